The second kappa shape index (κ2) is 6.79. The molecule has 0 saturated carbocycles. The number of benzene rings is 1. The molecule has 0 fully saturated rings. The van der Waals surface area contributed by atoms with Gasteiger partial charge in [0.1, 0.15) is 0 Å². The molecule has 0 saturated heterocycles. The van der Waals surface area contributed by atoms with E-state index in [1.54, 1.807) is 6.07 Å². The van der Waals surface area contributed by atoms with Crippen molar-refractivity contribution < 1.29 is 29.0 Å². The summed E-state index contributed by atoms with van der Waals surface area (Å²) in [6.45, 7) is 2.44. The van der Waals surface area contributed by atoms with Crippen LogP contribution in [0.5, 0.6) is 11.5 Å². The van der Waals surface area contributed by atoms with Crippen LogP contribution in [0.3, 0.4) is 0 Å². The minimum Gasteiger partial charge on any atom is -0.481 e. The first-order valence-corrected chi connectivity index (χ1v) is 6.22. The van der Waals surface area contributed by atoms with Gasteiger partial charge >= 0.3 is 17.9 Å². The number of carboxylic acids is 1. The number of carboxylic acid groups (broad SMARTS) is 1. The Balaban J connectivity index is 2.96. The summed E-state index contributed by atoms with van der Waals surface area (Å²) in [6, 6.07) is 4.48. The van der Waals surface area contributed by atoms with Crippen LogP contribution in [0, 0.1) is 0 Å². The van der Waals surface area contributed by atoms with Gasteiger partial charge in [0.2, 0.25) is 0 Å². The van der Waals surface area contributed by atoms with Crippen LogP contribution in [0.15, 0.2) is 23.1 Å². The molecule has 19 heavy (non-hydrogen) atoms. The second-order valence-electron chi connectivity index (χ2n) is 3.48. The van der Waals surface area contributed by atoms with Gasteiger partial charge in [-0.2, -0.15) is 0 Å². The zero-order chi connectivity index (χ0) is 14.4. The van der Waals surface area contributed by atoms with Gasteiger partial charge in [-0.1, -0.05) is 0 Å². The van der Waals surface area contributed by atoms with Gasteiger partial charge in [0, 0.05) is 18.7 Å². The summed E-state index contributed by atoms with van der Waals surface area (Å²) in [5.41, 5.74) is 0. The van der Waals surface area contributed by atoms with E-state index in [1.807, 2.05) is 0 Å². The number of hydrogen-bond donors (Lipinski definition) is 1. The van der Waals surface area contributed by atoms with Gasteiger partial charge in [-0.05, 0) is 18.2 Å². The molecule has 0 atom stereocenters. The monoisotopic (exact) mass is 284 g/mol. The SMILES string of the molecule is CC(=O)Oc1ccc(SCC(=O)O)cc1OC(C)=O. The van der Waals surface area contributed by atoms with Crippen LogP contribution < -0.4 is 9.47 Å². The number of aliphatic carboxylic acids is 1. The summed E-state index contributed by atoms with van der Waals surface area (Å²) >= 11 is 1.07. The lowest BCUT2D eigenvalue weighted by molar-refractivity contribution is -0.134. The predicted molar refractivity (Wildman–Crippen MR) is 67.4 cm³/mol. The van der Waals surface area contributed by atoms with Crippen molar-refractivity contribution >= 4 is 29.7 Å². The molecule has 102 valence electrons. The summed E-state index contributed by atoms with van der Waals surface area (Å²) in [4.78, 5) is 32.9. The van der Waals surface area contributed by atoms with Crippen molar-refractivity contribution in [2.45, 2.75) is 18.7 Å². The fraction of sp³-hybridized carbons (Fsp3) is 0.250. The van der Waals surface area contributed by atoms with E-state index in [-0.39, 0.29) is 17.3 Å². The molecule has 1 aromatic rings. The van der Waals surface area contributed by atoms with Crippen LogP contribution in [-0.2, 0) is 14.4 Å². The third kappa shape index (κ3) is 5.43. The molecule has 6 nitrogen and oxygen atoms in total. The molecule has 7 heteroatoms. The smallest absolute Gasteiger partial charge is 0.313 e. The Morgan fingerprint density at radius 2 is 1.68 bits per heavy atom. The van der Waals surface area contributed by atoms with Gasteiger partial charge in [0.05, 0.1) is 5.75 Å². The molecule has 1 aromatic carbocycles. The van der Waals surface area contributed by atoms with Gasteiger partial charge in [0.25, 0.3) is 0 Å². The molecule has 0 aromatic heterocycles. The average molecular weight is 284 g/mol. The molecule has 0 heterocycles. The van der Waals surface area contributed by atoms with Gasteiger partial charge in [0.15, 0.2) is 11.5 Å². The van der Waals surface area contributed by atoms with Crippen molar-refractivity contribution in [3.05, 3.63) is 18.2 Å². The van der Waals surface area contributed by atoms with E-state index in [0.717, 1.165) is 11.8 Å². The van der Waals surface area contributed by atoms with Crippen LogP contribution in [0.2, 0.25) is 0 Å². The first kappa shape index (κ1) is 15.0. The summed E-state index contributed by atoms with van der Waals surface area (Å²) in [5, 5.41) is 8.59. The fourth-order valence-electron chi connectivity index (χ4n) is 1.20. The topological polar surface area (TPSA) is 89.9 Å². The number of thioether (sulfide) groups is 1. The average Bonchev–Trinajstić information content (AvgIpc) is 2.28. The normalized spacial score (nSPS) is 9.79. The highest BCUT2D eigenvalue weighted by Crippen LogP contribution is 2.32. The quantitative estimate of drug-likeness (QED) is 0.500. The number of esters is 2. The van der Waals surface area contributed by atoms with Crippen molar-refractivity contribution in [1.82, 2.24) is 0 Å². The standard InChI is InChI=1S/C12H12O6S/c1-7(13)17-10-4-3-9(19-6-12(15)16)5-11(10)18-8(2)14/h3-5H,6H2,1-2H3,(H,15,16). The molecular weight excluding hydrogens is 272 g/mol. The fourth-order valence-corrected chi connectivity index (χ4v) is 1.84. The van der Waals surface area contributed by atoms with Crippen LogP contribution in [-0.4, -0.2) is 28.8 Å². The molecule has 1 N–H and O–H groups in total. The Bertz CT molecular complexity index is 511. The Kier molecular flexibility index (Phi) is 5.37. The Morgan fingerprint density at radius 1 is 1.11 bits per heavy atom. The first-order valence-electron chi connectivity index (χ1n) is 5.24. The molecule has 0 aliphatic carbocycles. The number of ether oxygens (including phenoxy) is 2. The zero-order valence-corrected chi connectivity index (χ0v) is 11.2. The van der Waals surface area contributed by atoms with Crippen LogP contribution in [0.1, 0.15) is 13.8 Å². The van der Waals surface area contributed by atoms with Crippen molar-refractivity contribution in [2.24, 2.45) is 0 Å². The number of hydrogen-bond acceptors (Lipinski definition) is 6. The third-order valence-electron chi connectivity index (χ3n) is 1.78. The Hall–Kier alpha value is -2.02. The Labute approximate surface area is 113 Å². The number of carbonyl (C=O) groups excluding carboxylic acids is 2. The summed E-state index contributed by atoms with van der Waals surface area (Å²) in [7, 11) is 0. The largest absolute Gasteiger partial charge is 0.481 e. The lowest BCUT2D eigenvalue weighted by atomic mass is 10.3. The Morgan fingerprint density at radius 3 is 2.21 bits per heavy atom. The van der Waals surface area contributed by atoms with E-state index in [2.05, 4.69) is 0 Å². The molecule has 1 rings (SSSR count). The van der Waals surface area contributed by atoms with Crippen LogP contribution in [0.4, 0.5) is 0 Å². The molecule has 0 aliphatic heterocycles. The van der Waals surface area contributed by atoms with Gasteiger partial charge in [-0.25, -0.2) is 0 Å². The molecule has 0 spiro atoms. The maximum atomic E-state index is 11.0. The lowest BCUT2D eigenvalue weighted by Crippen LogP contribution is -2.07. The maximum absolute atomic E-state index is 11.0. The number of rotatable bonds is 5. The van der Waals surface area contributed by atoms with Crippen molar-refractivity contribution in [3.63, 3.8) is 0 Å². The first-order chi connectivity index (χ1) is 8.88. The lowest BCUT2D eigenvalue weighted by Gasteiger charge is -2.09. The van der Waals surface area contributed by atoms with E-state index in [1.165, 1.54) is 26.0 Å². The summed E-state index contributed by atoms with van der Waals surface area (Å²) < 4.78 is 9.80. The van der Waals surface area contributed by atoms with Gasteiger partial charge in [-0.3, -0.25) is 14.4 Å². The summed E-state index contributed by atoms with van der Waals surface area (Å²) in [5.74, 6) is -1.98. The van der Waals surface area contributed by atoms with E-state index in [9.17, 15) is 14.4 Å². The second-order valence-corrected chi connectivity index (χ2v) is 4.53. The van der Waals surface area contributed by atoms with Crippen molar-refractivity contribution in [1.29, 1.82) is 0 Å². The highest BCUT2D eigenvalue weighted by molar-refractivity contribution is 8.00. The molecule has 0 aliphatic rings. The molecule has 0 bridgehead atoms. The number of carbonyl (C=O) groups is 3. The van der Waals surface area contributed by atoms with Crippen molar-refractivity contribution in [3.8, 4) is 11.5 Å². The highest BCUT2D eigenvalue weighted by atomic mass is 32.2. The van der Waals surface area contributed by atoms with E-state index in [0.29, 0.717) is 4.90 Å². The molecule has 0 radical (unpaired) electrons. The minimum absolute atomic E-state index is 0.0816. The third-order valence-corrected chi connectivity index (χ3v) is 2.76. The molecule has 0 amide bonds. The summed E-state index contributed by atoms with van der Waals surface area (Å²) in [6.07, 6.45) is 0. The predicted octanol–water partition coefficient (Wildman–Crippen LogP) is 1.71. The minimum atomic E-state index is -0.955. The van der Waals surface area contributed by atoms with Crippen molar-refractivity contribution in [2.75, 3.05) is 5.75 Å². The highest BCUT2D eigenvalue weighted by Gasteiger charge is 2.12. The van der Waals surface area contributed by atoms with Crippen LogP contribution >= 0.6 is 11.8 Å². The zero-order valence-electron chi connectivity index (χ0n) is 10.3. The van der Waals surface area contributed by atoms with E-state index in [4.69, 9.17) is 14.6 Å². The van der Waals surface area contributed by atoms with Gasteiger partial charge < -0.3 is 14.6 Å². The molecular formula is C12H12O6S. The van der Waals surface area contributed by atoms with Gasteiger partial charge in [-0.15, -0.1) is 11.8 Å². The maximum Gasteiger partial charge on any atom is 0.313 e. The van der Waals surface area contributed by atoms with E-state index >= 15 is 0 Å². The molecule has 0 unspecified atom stereocenters. The van der Waals surface area contributed by atoms with Crippen LogP contribution in [0.25, 0.3) is 0 Å². The van der Waals surface area contributed by atoms with E-state index < -0.39 is 17.9 Å².